The summed E-state index contributed by atoms with van der Waals surface area (Å²) in [6.45, 7) is 0.615. The first kappa shape index (κ1) is 19.6. The van der Waals surface area contributed by atoms with E-state index >= 15 is 0 Å². The molecule has 3 rings (SSSR count). The van der Waals surface area contributed by atoms with Gasteiger partial charge in [0.1, 0.15) is 0 Å². The highest BCUT2D eigenvalue weighted by atomic mass is 16.3. The molecule has 0 spiro atoms. The van der Waals surface area contributed by atoms with Crippen molar-refractivity contribution in [3.63, 3.8) is 0 Å². The summed E-state index contributed by atoms with van der Waals surface area (Å²) in [5, 5.41) is 17.7. The van der Waals surface area contributed by atoms with E-state index in [1.807, 2.05) is 72.8 Å². The molecule has 5 heteroatoms. The van der Waals surface area contributed by atoms with E-state index in [1.165, 1.54) is 0 Å². The van der Waals surface area contributed by atoms with Gasteiger partial charge in [0.2, 0.25) is 0 Å². The van der Waals surface area contributed by atoms with Gasteiger partial charge in [0, 0.05) is 13.1 Å². The van der Waals surface area contributed by atoms with E-state index in [4.69, 9.17) is 0 Å². The Labute approximate surface area is 164 Å². The van der Waals surface area contributed by atoms with Crippen LogP contribution in [-0.4, -0.2) is 30.0 Å². The standard InChI is InChI=1S/C23H24N2O3/c26-21(20-12-6-10-18-9-4-5-11-19(18)20)14-16-25-23(28)22(27)24-15-13-17-7-2-1-3-8-17/h1-12,21,26H,13-16H2,(H,24,27)(H,25,28). The van der Waals surface area contributed by atoms with Crippen molar-refractivity contribution in [1.29, 1.82) is 0 Å². The van der Waals surface area contributed by atoms with Gasteiger partial charge in [-0.25, -0.2) is 0 Å². The van der Waals surface area contributed by atoms with Gasteiger partial charge in [0.25, 0.3) is 0 Å². The van der Waals surface area contributed by atoms with Crippen molar-refractivity contribution in [2.75, 3.05) is 13.1 Å². The first-order valence-electron chi connectivity index (χ1n) is 9.41. The second-order valence-electron chi connectivity index (χ2n) is 6.62. The number of hydrogen-bond donors (Lipinski definition) is 3. The summed E-state index contributed by atoms with van der Waals surface area (Å²) in [4.78, 5) is 23.8. The lowest BCUT2D eigenvalue weighted by atomic mass is 9.99. The SMILES string of the molecule is O=C(NCCc1ccccc1)C(=O)NCCC(O)c1cccc2ccccc12. The van der Waals surface area contributed by atoms with Gasteiger partial charge in [-0.3, -0.25) is 9.59 Å². The number of hydrogen-bond acceptors (Lipinski definition) is 3. The van der Waals surface area contributed by atoms with E-state index in [9.17, 15) is 14.7 Å². The highest BCUT2D eigenvalue weighted by Crippen LogP contribution is 2.25. The predicted molar refractivity (Wildman–Crippen MR) is 110 cm³/mol. The van der Waals surface area contributed by atoms with Crippen molar-refractivity contribution < 1.29 is 14.7 Å². The van der Waals surface area contributed by atoms with Crippen molar-refractivity contribution in [3.05, 3.63) is 83.9 Å². The maximum Gasteiger partial charge on any atom is 0.309 e. The summed E-state index contributed by atoms with van der Waals surface area (Å²) in [5.41, 5.74) is 1.92. The largest absolute Gasteiger partial charge is 0.388 e. The van der Waals surface area contributed by atoms with Gasteiger partial charge in [-0.2, -0.15) is 0 Å². The number of nitrogens with one attached hydrogen (secondary N) is 2. The van der Waals surface area contributed by atoms with Crippen molar-refractivity contribution in [3.8, 4) is 0 Å². The van der Waals surface area contributed by atoms with Crippen LogP contribution in [0.3, 0.4) is 0 Å². The average molecular weight is 376 g/mol. The van der Waals surface area contributed by atoms with E-state index in [0.717, 1.165) is 21.9 Å². The number of carbonyl (C=O) groups excluding carboxylic acids is 2. The van der Waals surface area contributed by atoms with Gasteiger partial charge in [-0.1, -0.05) is 72.8 Å². The molecule has 2 amide bonds. The zero-order valence-electron chi connectivity index (χ0n) is 15.6. The van der Waals surface area contributed by atoms with Crippen LogP contribution in [0.5, 0.6) is 0 Å². The van der Waals surface area contributed by atoms with Crippen molar-refractivity contribution in [2.45, 2.75) is 18.9 Å². The number of fused-ring (bicyclic) bond motifs is 1. The first-order chi connectivity index (χ1) is 13.6. The summed E-state index contributed by atoms with van der Waals surface area (Å²) in [6, 6.07) is 23.4. The summed E-state index contributed by atoms with van der Waals surface area (Å²) < 4.78 is 0. The van der Waals surface area contributed by atoms with Crippen LogP contribution < -0.4 is 10.6 Å². The van der Waals surface area contributed by atoms with Gasteiger partial charge in [0.15, 0.2) is 0 Å². The second-order valence-corrected chi connectivity index (χ2v) is 6.62. The Morgan fingerprint density at radius 3 is 2.21 bits per heavy atom. The lowest BCUT2D eigenvalue weighted by Crippen LogP contribution is -2.41. The molecular formula is C23H24N2O3. The molecule has 3 aromatic rings. The lowest BCUT2D eigenvalue weighted by molar-refractivity contribution is -0.139. The van der Waals surface area contributed by atoms with Crippen LogP contribution in [0.25, 0.3) is 10.8 Å². The third-order valence-electron chi connectivity index (χ3n) is 4.63. The topological polar surface area (TPSA) is 78.4 Å². The van der Waals surface area contributed by atoms with Crippen molar-refractivity contribution in [2.24, 2.45) is 0 Å². The molecule has 0 radical (unpaired) electrons. The summed E-state index contributed by atoms with van der Waals surface area (Å²) >= 11 is 0. The van der Waals surface area contributed by atoms with Crippen molar-refractivity contribution >= 4 is 22.6 Å². The molecule has 0 saturated heterocycles. The minimum atomic E-state index is -0.715. The summed E-state index contributed by atoms with van der Waals surface area (Å²) in [6.07, 6.45) is 0.281. The minimum absolute atomic E-state index is 0.218. The smallest absolute Gasteiger partial charge is 0.309 e. The van der Waals surface area contributed by atoms with E-state index in [1.54, 1.807) is 0 Å². The number of amides is 2. The summed E-state index contributed by atoms with van der Waals surface area (Å²) in [5.74, 6) is -1.34. The molecule has 0 heterocycles. The third kappa shape index (κ3) is 5.18. The molecule has 0 aromatic heterocycles. The Morgan fingerprint density at radius 1 is 0.786 bits per heavy atom. The van der Waals surface area contributed by atoms with E-state index in [2.05, 4.69) is 10.6 Å². The van der Waals surface area contributed by atoms with E-state index < -0.39 is 17.9 Å². The number of aliphatic hydroxyl groups is 1. The Kier molecular flexibility index (Phi) is 6.76. The molecule has 1 atom stereocenters. The van der Waals surface area contributed by atoms with Gasteiger partial charge < -0.3 is 15.7 Å². The predicted octanol–water partition coefficient (Wildman–Crippen LogP) is 2.74. The van der Waals surface area contributed by atoms with Crippen LogP contribution in [0.1, 0.15) is 23.7 Å². The van der Waals surface area contributed by atoms with Gasteiger partial charge in [-0.05, 0) is 34.7 Å². The second kappa shape index (κ2) is 9.67. The first-order valence-corrected chi connectivity index (χ1v) is 9.41. The van der Waals surface area contributed by atoms with Gasteiger partial charge >= 0.3 is 11.8 Å². The molecule has 1 unspecified atom stereocenters. The van der Waals surface area contributed by atoms with Crippen LogP contribution >= 0.6 is 0 Å². The van der Waals surface area contributed by atoms with Crippen LogP contribution in [0.2, 0.25) is 0 Å². The molecule has 0 aliphatic carbocycles. The zero-order chi connectivity index (χ0) is 19.8. The molecular weight excluding hydrogens is 352 g/mol. The fourth-order valence-electron chi connectivity index (χ4n) is 3.14. The molecule has 28 heavy (non-hydrogen) atoms. The number of benzene rings is 3. The molecule has 3 N–H and O–H groups in total. The Bertz CT molecular complexity index is 935. The maximum absolute atomic E-state index is 11.9. The highest BCUT2D eigenvalue weighted by Gasteiger charge is 2.15. The molecule has 0 fully saturated rings. The van der Waals surface area contributed by atoms with Crippen LogP contribution in [0.15, 0.2) is 72.8 Å². The normalized spacial score (nSPS) is 11.8. The van der Waals surface area contributed by atoms with Gasteiger partial charge in [-0.15, -0.1) is 0 Å². The Morgan fingerprint density at radius 2 is 1.43 bits per heavy atom. The van der Waals surface area contributed by atoms with E-state index in [-0.39, 0.29) is 6.54 Å². The number of rotatable bonds is 7. The van der Waals surface area contributed by atoms with E-state index in [0.29, 0.717) is 19.4 Å². The van der Waals surface area contributed by atoms with Crippen LogP contribution in [-0.2, 0) is 16.0 Å². The monoisotopic (exact) mass is 376 g/mol. The number of aliphatic hydroxyl groups excluding tert-OH is 1. The van der Waals surface area contributed by atoms with Gasteiger partial charge in [0.05, 0.1) is 6.10 Å². The summed E-state index contributed by atoms with van der Waals surface area (Å²) in [7, 11) is 0. The zero-order valence-corrected chi connectivity index (χ0v) is 15.6. The molecule has 0 aliphatic heterocycles. The molecule has 144 valence electrons. The highest BCUT2D eigenvalue weighted by molar-refractivity contribution is 6.35. The molecule has 0 aliphatic rings. The third-order valence-corrected chi connectivity index (χ3v) is 4.63. The fraction of sp³-hybridized carbons (Fsp3) is 0.217. The Hall–Kier alpha value is -3.18. The molecule has 0 bridgehead atoms. The molecule has 0 saturated carbocycles. The minimum Gasteiger partial charge on any atom is -0.388 e. The van der Waals surface area contributed by atoms with Crippen molar-refractivity contribution in [1.82, 2.24) is 10.6 Å². The average Bonchev–Trinajstić information content (AvgIpc) is 2.73. The number of carbonyl (C=O) groups is 2. The maximum atomic E-state index is 11.9. The fourth-order valence-corrected chi connectivity index (χ4v) is 3.14. The molecule has 5 nitrogen and oxygen atoms in total. The quantitative estimate of drug-likeness (QED) is 0.555. The Balaban J connectivity index is 1.43. The lowest BCUT2D eigenvalue weighted by Gasteiger charge is -2.14. The van der Waals surface area contributed by atoms with Crippen LogP contribution in [0.4, 0.5) is 0 Å². The molecule has 3 aromatic carbocycles. The van der Waals surface area contributed by atoms with Crippen LogP contribution in [0, 0.1) is 0 Å².